The third kappa shape index (κ3) is 3.38. The summed E-state index contributed by atoms with van der Waals surface area (Å²) in [4.78, 5) is 9.29. The second kappa shape index (κ2) is 6.31. The molecule has 2 aliphatic rings. The van der Waals surface area contributed by atoms with E-state index in [2.05, 4.69) is 20.2 Å². The molecule has 0 bridgehead atoms. The Morgan fingerprint density at radius 2 is 2.25 bits per heavy atom. The molecule has 24 heavy (non-hydrogen) atoms. The van der Waals surface area contributed by atoms with Crippen LogP contribution in [0.2, 0.25) is 0 Å². The van der Waals surface area contributed by atoms with Crippen molar-refractivity contribution >= 4 is 23.4 Å². The van der Waals surface area contributed by atoms with Crippen LogP contribution < -0.4 is 0 Å². The van der Waals surface area contributed by atoms with Crippen molar-refractivity contribution in [3.8, 4) is 0 Å². The molecule has 1 aliphatic carbocycles. The summed E-state index contributed by atoms with van der Waals surface area (Å²) >= 11 is 6.25. The highest BCUT2D eigenvalue weighted by Gasteiger charge is 2.26. The topological polar surface area (TPSA) is 71.3 Å². The number of aromatic amines is 1. The Hall–Kier alpha value is -1.70. The molecule has 0 atom stereocenters. The predicted octanol–water partition coefficient (Wildman–Crippen LogP) is 2.96. The molecule has 0 radical (unpaired) electrons. The smallest absolute Gasteiger partial charge is 0.175 e. The highest BCUT2D eigenvalue weighted by atomic mass is 35.5. The molecule has 0 amide bonds. The molecule has 128 valence electrons. The van der Waals surface area contributed by atoms with E-state index in [1.165, 1.54) is 18.5 Å². The van der Waals surface area contributed by atoms with Crippen molar-refractivity contribution in [3.05, 3.63) is 29.5 Å². The van der Waals surface area contributed by atoms with Gasteiger partial charge in [0.2, 0.25) is 0 Å². The molecule has 1 N–H and O–H groups in total. The van der Waals surface area contributed by atoms with Crippen LogP contribution in [0, 0.1) is 0 Å². The molecule has 2 aromatic heterocycles. The van der Waals surface area contributed by atoms with Crippen LogP contribution in [0.3, 0.4) is 0 Å². The van der Waals surface area contributed by atoms with Crippen LogP contribution in [0.1, 0.15) is 49.8 Å². The molecule has 4 rings (SSSR count). The maximum Gasteiger partial charge on any atom is 0.175 e. The fraction of sp³-hybridized carbons (Fsp3) is 0.562. The lowest BCUT2D eigenvalue weighted by atomic mass is 10.3. The van der Waals surface area contributed by atoms with Crippen LogP contribution in [0.15, 0.2) is 17.3 Å². The average Bonchev–Trinajstić information content (AvgIpc) is 3.13. The van der Waals surface area contributed by atoms with Gasteiger partial charge in [0.15, 0.2) is 5.82 Å². The van der Waals surface area contributed by atoms with Gasteiger partial charge in [-0.3, -0.25) is 9.67 Å². The van der Waals surface area contributed by atoms with Crippen LogP contribution in [0.5, 0.6) is 0 Å². The van der Waals surface area contributed by atoms with Gasteiger partial charge in [-0.1, -0.05) is 0 Å². The lowest BCUT2D eigenvalue weighted by Gasteiger charge is -2.22. The van der Waals surface area contributed by atoms with Gasteiger partial charge in [0.05, 0.1) is 31.5 Å². The van der Waals surface area contributed by atoms with Crippen LogP contribution >= 0.6 is 11.8 Å². The van der Waals surface area contributed by atoms with E-state index >= 15 is 0 Å². The minimum absolute atomic E-state index is 0.172. The van der Waals surface area contributed by atoms with E-state index in [0.717, 1.165) is 17.4 Å². The van der Waals surface area contributed by atoms with Crippen molar-refractivity contribution in [1.82, 2.24) is 24.2 Å². The Morgan fingerprint density at radius 3 is 3.00 bits per heavy atom. The maximum atomic E-state index is 6.25. The SMILES string of the molecule is CC(C)OCc1cn2c(n1)CN(Cl)CC2=Nc1cc(C2CC2)[nH]n1. The zero-order chi connectivity index (χ0) is 16.7. The van der Waals surface area contributed by atoms with Crippen LogP contribution in [0.4, 0.5) is 5.82 Å². The number of H-pyrrole nitrogens is 1. The maximum absolute atomic E-state index is 6.25. The van der Waals surface area contributed by atoms with E-state index in [-0.39, 0.29) is 6.10 Å². The lowest BCUT2D eigenvalue weighted by molar-refractivity contribution is 0.0637. The fourth-order valence-electron chi connectivity index (χ4n) is 2.78. The molecule has 2 aromatic rings. The second-order valence-corrected chi connectivity index (χ2v) is 7.12. The van der Waals surface area contributed by atoms with Crippen molar-refractivity contribution in [2.75, 3.05) is 6.54 Å². The number of imidazole rings is 1. The molecule has 8 heteroatoms. The highest BCUT2D eigenvalue weighted by Crippen LogP contribution is 2.39. The Kier molecular flexibility index (Phi) is 4.15. The number of rotatable bonds is 5. The van der Waals surface area contributed by atoms with Crippen molar-refractivity contribution in [1.29, 1.82) is 0 Å². The summed E-state index contributed by atoms with van der Waals surface area (Å²) in [7, 11) is 0. The summed E-state index contributed by atoms with van der Waals surface area (Å²) in [5, 5.41) is 7.39. The Morgan fingerprint density at radius 1 is 1.42 bits per heavy atom. The van der Waals surface area contributed by atoms with Crippen LogP contribution in [-0.4, -0.2) is 42.7 Å². The van der Waals surface area contributed by atoms with Crippen molar-refractivity contribution < 1.29 is 4.74 Å². The number of aromatic nitrogens is 4. The predicted molar refractivity (Wildman–Crippen MR) is 91.5 cm³/mol. The summed E-state index contributed by atoms with van der Waals surface area (Å²) in [5.41, 5.74) is 2.06. The van der Waals surface area contributed by atoms with E-state index in [1.54, 1.807) is 4.42 Å². The van der Waals surface area contributed by atoms with Gasteiger partial charge in [0.1, 0.15) is 11.7 Å². The number of nitrogens with one attached hydrogen (secondary N) is 1. The van der Waals surface area contributed by atoms with Crippen LogP contribution in [-0.2, 0) is 17.9 Å². The normalized spacial score (nSPS) is 20.1. The number of ether oxygens (including phenoxy) is 1. The molecule has 1 aliphatic heterocycles. The van der Waals surface area contributed by atoms with Gasteiger partial charge in [-0.25, -0.2) is 14.4 Å². The highest BCUT2D eigenvalue weighted by molar-refractivity contribution is 6.15. The Bertz CT molecular complexity index is 760. The number of hydrogen-bond donors (Lipinski definition) is 1. The summed E-state index contributed by atoms with van der Waals surface area (Å²) in [6.45, 7) is 5.63. The minimum Gasteiger partial charge on any atom is -0.372 e. The molecule has 0 saturated heterocycles. The third-order valence-corrected chi connectivity index (χ3v) is 4.38. The standard InChI is InChI=1S/C16H21ClN6O/c1-10(2)24-9-12-6-23-15(18-12)7-22(17)8-16(23)19-14-5-13(20-21-14)11-3-4-11/h5-6,10-11H,3-4,7-9H2,1-2H3,(H,20,21). The average molecular weight is 349 g/mol. The molecule has 0 aromatic carbocycles. The van der Waals surface area contributed by atoms with E-state index in [9.17, 15) is 0 Å². The minimum atomic E-state index is 0.172. The number of halogens is 1. The summed E-state index contributed by atoms with van der Waals surface area (Å²) in [5.74, 6) is 3.02. The van der Waals surface area contributed by atoms with E-state index in [4.69, 9.17) is 16.5 Å². The fourth-order valence-corrected chi connectivity index (χ4v) is 2.99. The monoisotopic (exact) mass is 348 g/mol. The molecular formula is C16H21ClN6O. The van der Waals surface area contributed by atoms with Crippen molar-refractivity contribution in [2.24, 2.45) is 4.99 Å². The van der Waals surface area contributed by atoms with Crippen molar-refractivity contribution in [2.45, 2.75) is 51.9 Å². The first-order chi connectivity index (χ1) is 11.6. The molecule has 3 heterocycles. The number of fused-ring (bicyclic) bond motifs is 1. The first kappa shape index (κ1) is 15.8. The third-order valence-electron chi connectivity index (χ3n) is 4.14. The molecular weight excluding hydrogens is 328 g/mol. The molecule has 0 unspecified atom stereocenters. The molecule has 0 spiro atoms. The van der Waals surface area contributed by atoms with Gasteiger partial charge in [-0.05, 0) is 38.5 Å². The Labute approximate surface area is 145 Å². The zero-order valence-corrected chi connectivity index (χ0v) is 14.6. The summed E-state index contributed by atoms with van der Waals surface area (Å²) < 4.78 is 9.33. The van der Waals surface area contributed by atoms with E-state index in [1.807, 2.05) is 30.7 Å². The largest absolute Gasteiger partial charge is 0.372 e. The molecule has 1 fully saturated rings. The van der Waals surface area contributed by atoms with Gasteiger partial charge >= 0.3 is 0 Å². The number of aliphatic imine (C=N–C) groups is 1. The van der Waals surface area contributed by atoms with Crippen molar-refractivity contribution in [3.63, 3.8) is 0 Å². The Balaban J connectivity index is 1.60. The van der Waals surface area contributed by atoms with E-state index in [0.29, 0.717) is 31.4 Å². The van der Waals surface area contributed by atoms with Gasteiger partial charge in [-0.15, -0.1) is 0 Å². The quantitative estimate of drug-likeness (QED) is 0.843. The number of nitrogens with zero attached hydrogens (tertiary/aromatic N) is 5. The number of hydrogen-bond acceptors (Lipinski definition) is 5. The zero-order valence-electron chi connectivity index (χ0n) is 13.9. The van der Waals surface area contributed by atoms with E-state index < -0.39 is 0 Å². The van der Waals surface area contributed by atoms with Gasteiger partial charge in [0, 0.05) is 23.9 Å². The lowest BCUT2D eigenvalue weighted by Crippen LogP contribution is -2.34. The summed E-state index contributed by atoms with van der Waals surface area (Å²) in [6.07, 6.45) is 4.62. The first-order valence-corrected chi connectivity index (χ1v) is 8.65. The summed E-state index contributed by atoms with van der Waals surface area (Å²) in [6, 6.07) is 2.03. The molecule has 1 saturated carbocycles. The van der Waals surface area contributed by atoms with Gasteiger partial charge < -0.3 is 4.74 Å². The van der Waals surface area contributed by atoms with Gasteiger partial charge in [-0.2, -0.15) is 5.10 Å². The van der Waals surface area contributed by atoms with Gasteiger partial charge in [0.25, 0.3) is 0 Å². The first-order valence-electron chi connectivity index (χ1n) is 8.31. The van der Waals surface area contributed by atoms with Crippen LogP contribution in [0.25, 0.3) is 0 Å². The second-order valence-electron chi connectivity index (χ2n) is 6.64. The molecule has 7 nitrogen and oxygen atoms in total.